The summed E-state index contributed by atoms with van der Waals surface area (Å²) >= 11 is 6.18. The Balaban J connectivity index is 1.53. The molecule has 0 bridgehead atoms. The topological polar surface area (TPSA) is 47.6 Å². The van der Waals surface area contributed by atoms with Crippen LogP contribution >= 0.6 is 11.6 Å². The van der Waals surface area contributed by atoms with Crippen molar-refractivity contribution < 1.29 is 14.3 Å². The standard InChI is InChI=1S/C27H24ClNO3/c1-3-31-26-13-10-21(27(30)29-23-11-8-18(2)25(28)16-23)14-22(26)17-32-24-12-9-19-6-4-5-7-20(19)15-24/h4-16H,3,17H2,1-2H3,(H,29,30). The molecular formula is C27H24ClNO3. The number of carbonyl (C=O) groups is 1. The number of anilines is 1. The summed E-state index contributed by atoms with van der Waals surface area (Å²) in [5, 5.41) is 5.77. The quantitative estimate of drug-likeness (QED) is 0.332. The third-order valence-corrected chi connectivity index (χ3v) is 5.57. The van der Waals surface area contributed by atoms with Crippen molar-refractivity contribution in [2.75, 3.05) is 11.9 Å². The third-order valence-electron chi connectivity index (χ3n) is 5.17. The molecule has 32 heavy (non-hydrogen) atoms. The van der Waals surface area contributed by atoms with Crippen LogP contribution in [0, 0.1) is 6.92 Å². The van der Waals surface area contributed by atoms with Crippen LogP contribution in [0.1, 0.15) is 28.4 Å². The number of halogens is 1. The fourth-order valence-electron chi connectivity index (χ4n) is 3.42. The first-order chi connectivity index (χ1) is 15.5. The maximum atomic E-state index is 12.8. The highest BCUT2D eigenvalue weighted by Crippen LogP contribution is 2.26. The predicted molar refractivity (Wildman–Crippen MR) is 130 cm³/mol. The van der Waals surface area contributed by atoms with Gasteiger partial charge in [0, 0.05) is 21.8 Å². The van der Waals surface area contributed by atoms with Crippen LogP contribution in [0.25, 0.3) is 10.8 Å². The summed E-state index contributed by atoms with van der Waals surface area (Å²) < 4.78 is 11.8. The van der Waals surface area contributed by atoms with Gasteiger partial charge < -0.3 is 14.8 Å². The minimum atomic E-state index is -0.222. The number of aryl methyl sites for hydroxylation is 1. The Morgan fingerprint density at radius 1 is 0.906 bits per heavy atom. The molecule has 4 aromatic carbocycles. The molecule has 0 aliphatic heterocycles. The van der Waals surface area contributed by atoms with E-state index >= 15 is 0 Å². The van der Waals surface area contributed by atoms with Crippen molar-refractivity contribution in [1.29, 1.82) is 0 Å². The summed E-state index contributed by atoms with van der Waals surface area (Å²) in [6, 6.07) is 24.9. The molecule has 5 heteroatoms. The number of benzene rings is 4. The number of hydrogen-bond donors (Lipinski definition) is 1. The lowest BCUT2D eigenvalue weighted by Crippen LogP contribution is -2.13. The van der Waals surface area contributed by atoms with Gasteiger partial charge in [0.2, 0.25) is 0 Å². The highest BCUT2D eigenvalue weighted by Gasteiger charge is 2.12. The zero-order valence-electron chi connectivity index (χ0n) is 18.0. The fraction of sp³-hybridized carbons (Fsp3) is 0.148. The number of ether oxygens (including phenoxy) is 2. The second-order valence-electron chi connectivity index (χ2n) is 7.47. The van der Waals surface area contributed by atoms with Crippen molar-refractivity contribution in [2.45, 2.75) is 20.5 Å². The van der Waals surface area contributed by atoms with Crippen LogP contribution in [0.2, 0.25) is 5.02 Å². The van der Waals surface area contributed by atoms with Crippen molar-refractivity contribution in [3.05, 3.63) is 101 Å². The molecule has 4 rings (SSSR count). The highest BCUT2D eigenvalue weighted by atomic mass is 35.5. The minimum absolute atomic E-state index is 0.222. The second-order valence-corrected chi connectivity index (χ2v) is 7.88. The Bertz CT molecular complexity index is 1270. The van der Waals surface area contributed by atoms with E-state index in [0.717, 1.165) is 27.6 Å². The molecule has 4 aromatic rings. The summed E-state index contributed by atoms with van der Waals surface area (Å²) in [6.45, 7) is 4.65. The van der Waals surface area contributed by atoms with Gasteiger partial charge in [-0.3, -0.25) is 4.79 Å². The van der Waals surface area contributed by atoms with Gasteiger partial charge in [0.05, 0.1) is 6.61 Å². The van der Waals surface area contributed by atoms with E-state index in [1.54, 1.807) is 24.3 Å². The van der Waals surface area contributed by atoms with Crippen LogP contribution in [0.15, 0.2) is 78.9 Å². The van der Waals surface area contributed by atoms with Crippen LogP contribution in [0.4, 0.5) is 5.69 Å². The molecule has 0 fully saturated rings. The number of carbonyl (C=O) groups excluding carboxylic acids is 1. The summed E-state index contributed by atoms with van der Waals surface area (Å²) in [6.07, 6.45) is 0. The van der Waals surface area contributed by atoms with Gasteiger partial charge >= 0.3 is 0 Å². The molecule has 0 spiro atoms. The van der Waals surface area contributed by atoms with Crippen molar-refractivity contribution >= 4 is 34.0 Å². The molecule has 1 N–H and O–H groups in total. The fourth-order valence-corrected chi connectivity index (χ4v) is 3.60. The molecule has 0 unspecified atom stereocenters. The van der Waals surface area contributed by atoms with Crippen LogP contribution in [-0.4, -0.2) is 12.5 Å². The average Bonchev–Trinajstić information content (AvgIpc) is 2.80. The van der Waals surface area contributed by atoms with E-state index < -0.39 is 0 Å². The molecule has 162 valence electrons. The van der Waals surface area contributed by atoms with Gasteiger partial charge in [-0.2, -0.15) is 0 Å². The average molecular weight is 446 g/mol. The normalized spacial score (nSPS) is 10.7. The maximum absolute atomic E-state index is 12.8. The van der Waals surface area contributed by atoms with Crippen molar-refractivity contribution in [1.82, 2.24) is 0 Å². The Hall–Kier alpha value is -3.50. The highest BCUT2D eigenvalue weighted by molar-refractivity contribution is 6.31. The molecule has 0 aromatic heterocycles. The molecule has 0 aliphatic carbocycles. The van der Waals surface area contributed by atoms with E-state index in [1.165, 1.54) is 0 Å². The summed E-state index contributed by atoms with van der Waals surface area (Å²) in [4.78, 5) is 12.8. The van der Waals surface area contributed by atoms with E-state index in [0.29, 0.717) is 28.6 Å². The first-order valence-electron chi connectivity index (χ1n) is 10.5. The Morgan fingerprint density at radius 3 is 2.50 bits per heavy atom. The molecular weight excluding hydrogens is 422 g/mol. The van der Waals surface area contributed by atoms with Gasteiger partial charge in [-0.25, -0.2) is 0 Å². The first-order valence-corrected chi connectivity index (χ1v) is 10.9. The van der Waals surface area contributed by atoms with Crippen LogP contribution in [0.3, 0.4) is 0 Å². The van der Waals surface area contributed by atoms with Crippen LogP contribution in [0.5, 0.6) is 11.5 Å². The van der Waals surface area contributed by atoms with Gasteiger partial charge in [0.1, 0.15) is 18.1 Å². The number of nitrogens with one attached hydrogen (secondary N) is 1. The van der Waals surface area contributed by atoms with Crippen LogP contribution in [-0.2, 0) is 6.61 Å². The zero-order chi connectivity index (χ0) is 22.5. The van der Waals surface area contributed by atoms with Gasteiger partial charge in [-0.05, 0) is 72.6 Å². The molecule has 0 atom stereocenters. The van der Waals surface area contributed by atoms with E-state index in [1.807, 2.05) is 56.3 Å². The number of fused-ring (bicyclic) bond motifs is 1. The molecule has 4 nitrogen and oxygen atoms in total. The zero-order valence-corrected chi connectivity index (χ0v) is 18.8. The Kier molecular flexibility index (Phi) is 6.62. The number of hydrogen-bond acceptors (Lipinski definition) is 3. The molecule has 0 saturated carbocycles. The van der Waals surface area contributed by atoms with E-state index in [-0.39, 0.29) is 12.5 Å². The molecule has 0 radical (unpaired) electrons. The van der Waals surface area contributed by atoms with E-state index in [4.69, 9.17) is 21.1 Å². The van der Waals surface area contributed by atoms with Crippen molar-refractivity contribution in [3.8, 4) is 11.5 Å². The Labute approximate surface area is 192 Å². The molecule has 0 saturated heterocycles. The largest absolute Gasteiger partial charge is 0.493 e. The van der Waals surface area contributed by atoms with E-state index in [9.17, 15) is 4.79 Å². The minimum Gasteiger partial charge on any atom is -0.493 e. The van der Waals surface area contributed by atoms with Crippen LogP contribution < -0.4 is 14.8 Å². The van der Waals surface area contributed by atoms with Crippen molar-refractivity contribution in [3.63, 3.8) is 0 Å². The predicted octanol–water partition coefficient (Wildman–Crippen LogP) is 7.03. The lowest BCUT2D eigenvalue weighted by molar-refractivity contribution is 0.102. The lowest BCUT2D eigenvalue weighted by Gasteiger charge is -2.14. The smallest absolute Gasteiger partial charge is 0.255 e. The number of rotatable bonds is 7. The summed E-state index contributed by atoms with van der Waals surface area (Å²) in [7, 11) is 0. The second kappa shape index (κ2) is 9.75. The summed E-state index contributed by atoms with van der Waals surface area (Å²) in [5.74, 6) is 1.23. The van der Waals surface area contributed by atoms with Gasteiger partial charge in [-0.15, -0.1) is 0 Å². The van der Waals surface area contributed by atoms with Gasteiger partial charge in [-0.1, -0.05) is 48.0 Å². The molecule has 1 amide bonds. The monoisotopic (exact) mass is 445 g/mol. The first kappa shape index (κ1) is 21.7. The third kappa shape index (κ3) is 5.04. The van der Waals surface area contributed by atoms with Crippen molar-refractivity contribution in [2.24, 2.45) is 0 Å². The van der Waals surface area contributed by atoms with Gasteiger partial charge in [0.15, 0.2) is 0 Å². The maximum Gasteiger partial charge on any atom is 0.255 e. The lowest BCUT2D eigenvalue weighted by atomic mass is 10.1. The number of amides is 1. The van der Waals surface area contributed by atoms with E-state index in [2.05, 4.69) is 17.4 Å². The Morgan fingerprint density at radius 2 is 1.72 bits per heavy atom. The molecule has 0 heterocycles. The SMILES string of the molecule is CCOc1ccc(C(=O)Nc2ccc(C)c(Cl)c2)cc1COc1ccc2ccccc2c1. The molecule has 0 aliphatic rings. The summed E-state index contributed by atoms with van der Waals surface area (Å²) in [5.41, 5.74) is 2.92. The van der Waals surface area contributed by atoms with Gasteiger partial charge in [0.25, 0.3) is 5.91 Å².